The molecule has 0 aliphatic rings. The number of aryl methyl sites for hydroxylation is 1. The highest BCUT2D eigenvalue weighted by Gasteiger charge is 2.18. The summed E-state index contributed by atoms with van der Waals surface area (Å²) >= 11 is 0. The van der Waals surface area contributed by atoms with Gasteiger partial charge in [-0.1, -0.05) is 51.8 Å². The van der Waals surface area contributed by atoms with E-state index in [4.69, 9.17) is 0 Å². The van der Waals surface area contributed by atoms with Crippen molar-refractivity contribution in [2.75, 3.05) is 0 Å². The fraction of sp³-hybridized carbons (Fsp3) is 0.471. The fourth-order valence-corrected chi connectivity index (χ4v) is 2.62. The van der Waals surface area contributed by atoms with E-state index in [2.05, 4.69) is 24.9 Å². The van der Waals surface area contributed by atoms with Crippen molar-refractivity contribution < 1.29 is 4.79 Å². The largest absolute Gasteiger partial charge is 0.360 e. The molecule has 0 fully saturated rings. The molecule has 1 aromatic heterocycles. The summed E-state index contributed by atoms with van der Waals surface area (Å²) in [4.78, 5) is 15.8. The zero-order valence-corrected chi connectivity index (χ0v) is 12.1. The normalized spacial score (nSPS) is 12.8. The van der Waals surface area contributed by atoms with Gasteiger partial charge in [0, 0.05) is 28.6 Å². The van der Waals surface area contributed by atoms with Crippen LogP contribution in [0, 0.1) is 5.92 Å². The van der Waals surface area contributed by atoms with Crippen LogP contribution in [0.2, 0.25) is 0 Å². The minimum Gasteiger partial charge on any atom is -0.360 e. The Morgan fingerprint density at radius 1 is 1.32 bits per heavy atom. The van der Waals surface area contributed by atoms with E-state index in [-0.39, 0.29) is 11.7 Å². The Bertz CT molecular complexity index is 568. The molecule has 0 bridgehead atoms. The highest BCUT2D eigenvalue weighted by atomic mass is 16.1. The molecule has 0 spiro atoms. The third-order valence-electron chi connectivity index (χ3n) is 3.89. The van der Waals surface area contributed by atoms with E-state index in [1.165, 1.54) is 5.56 Å². The Labute approximate surface area is 115 Å². The second kappa shape index (κ2) is 6.05. The van der Waals surface area contributed by atoms with Crippen LogP contribution in [0.1, 0.15) is 56.0 Å². The second-order valence-electron chi connectivity index (χ2n) is 5.30. The van der Waals surface area contributed by atoms with E-state index >= 15 is 0 Å². The lowest BCUT2D eigenvalue weighted by molar-refractivity contribution is 0.0924. The molecule has 2 heteroatoms. The third-order valence-corrected chi connectivity index (χ3v) is 3.89. The summed E-state index contributed by atoms with van der Waals surface area (Å²) in [7, 11) is 0. The van der Waals surface area contributed by atoms with Gasteiger partial charge < -0.3 is 4.98 Å². The van der Waals surface area contributed by atoms with Crippen molar-refractivity contribution in [1.82, 2.24) is 4.98 Å². The van der Waals surface area contributed by atoms with E-state index in [0.29, 0.717) is 0 Å². The van der Waals surface area contributed by atoms with E-state index in [1.807, 2.05) is 25.3 Å². The molecule has 2 rings (SSSR count). The van der Waals surface area contributed by atoms with Crippen LogP contribution >= 0.6 is 0 Å². The molecule has 0 radical (unpaired) electrons. The number of fused-ring (bicyclic) bond motifs is 1. The number of aromatic amines is 1. The van der Waals surface area contributed by atoms with Crippen LogP contribution in [0.25, 0.3) is 10.9 Å². The fourth-order valence-electron chi connectivity index (χ4n) is 2.62. The van der Waals surface area contributed by atoms with Gasteiger partial charge in [-0.05, 0) is 18.4 Å². The van der Waals surface area contributed by atoms with Gasteiger partial charge in [-0.25, -0.2) is 0 Å². The van der Waals surface area contributed by atoms with Crippen molar-refractivity contribution >= 4 is 16.7 Å². The zero-order chi connectivity index (χ0) is 13.8. The Hall–Kier alpha value is -1.57. The zero-order valence-electron chi connectivity index (χ0n) is 12.1. The average molecular weight is 257 g/mol. The van der Waals surface area contributed by atoms with Crippen molar-refractivity contribution in [1.29, 1.82) is 0 Å². The van der Waals surface area contributed by atoms with Crippen molar-refractivity contribution in [2.24, 2.45) is 5.92 Å². The molecule has 102 valence electrons. The molecule has 0 saturated carbocycles. The lowest BCUT2D eigenvalue weighted by Gasteiger charge is -2.09. The molecule has 1 aromatic carbocycles. The molecular weight excluding hydrogens is 234 g/mol. The highest BCUT2D eigenvalue weighted by Crippen LogP contribution is 2.25. The monoisotopic (exact) mass is 257 g/mol. The third kappa shape index (κ3) is 2.73. The quantitative estimate of drug-likeness (QED) is 0.745. The number of rotatable bonds is 6. The Kier molecular flexibility index (Phi) is 4.41. The van der Waals surface area contributed by atoms with E-state index in [1.54, 1.807) is 0 Å². The number of hydrogen-bond acceptors (Lipinski definition) is 1. The molecule has 1 N–H and O–H groups in total. The van der Waals surface area contributed by atoms with Gasteiger partial charge in [-0.15, -0.1) is 0 Å². The van der Waals surface area contributed by atoms with E-state index in [0.717, 1.165) is 42.1 Å². The van der Waals surface area contributed by atoms with Gasteiger partial charge >= 0.3 is 0 Å². The molecule has 1 heterocycles. The molecule has 0 aliphatic carbocycles. The maximum Gasteiger partial charge on any atom is 0.167 e. The van der Waals surface area contributed by atoms with Gasteiger partial charge in [0.1, 0.15) is 0 Å². The average Bonchev–Trinajstić information content (AvgIpc) is 2.87. The van der Waals surface area contributed by atoms with Crippen LogP contribution in [0.3, 0.4) is 0 Å². The minimum atomic E-state index is 0.115. The standard InChI is InChI=1S/C17H23NO/c1-4-6-8-12(3)17(19)15-11-18-16-13(5-2)9-7-10-14(15)16/h7,9-12,18H,4-6,8H2,1-3H3. The summed E-state index contributed by atoms with van der Waals surface area (Å²) in [5, 5.41) is 1.08. The summed E-state index contributed by atoms with van der Waals surface area (Å²) in [5.41, 5.74) is 3.25. The molecule has 1 atom stereocenters. The number of hydrogen-bond donors (Lipinski definition) is 1. The number of unbranched alkanes of at least 4 members (excludes halogenated alkanes) is 1. The minimum absolute atomic E-state index is 0.115. The number of H-pyrrole nitrogens is 1. The van der Waals surface area contributed by atoms with E-state index in [9.17, 15) is 4.79 Å². The van der Waals surface area contributed by atoms with Gasteiger partial charge in [0.05, 0.1) is 0 Å². The Morgan fingerprint density at radius 2 is 2.11 bits per heavy atom. The molecule has 2 nitrogen and oxygen atoms in total. The van der Waals surface area contributed by atoms with Crippen LogP contribution in [0.15, 0.2) is 24.4 Å². The molecule has 0 aliphatic heterocycles. The van der Waals surface area contributed by atoms with Gasteiger partial charge in [-0.2, -0.15) is 0 Å². The first-order valence-electron chi connectivity index (χ1n) is 7.32. The predicted molar refractivity (Wildman–Crippen MR) is 80.7 cm³/mol. The maximum atomic E-state index is 12.5. The van der Waals surface area contributed by atoms with E-state index < -0.39 is 0 Å². The summed E-state index contributed by atoms with van der Waals surface area (Å²) in [6.45, 7) is 6.35. The van der Waals surface area contributed by atoms with Crippen LogP contribution in [-0.2, 0) is 6.42 Å². The number of benzene rings is 1. The Balaban J connectivity index is 2.33. The van der Waals surface area contributed by atoms with Crippen molar-refractivity contribution in [3.05, 3.63) is 35.5 Å². The van der Waals surface area contributed by atoms with Gasteiger partial charge in [-0.3, -0.25) is 4.79 Å². The highest BCUT2D eigenvalue weighted by molar-refractivity contribution is 6.09. The molecule has 0 amide bonds. The smallest absolute Gasteiger partial charge is 0.167 e. The predicted octanol–water partition coefficient (Wildman–Crippen LogP) is 4.74. The van der Waals surface area contributed by atoms with Crippen molar-refractivity contribution in [3.63, 3.8) is 0 Å². The molecule has 0 saturated heterocycles. The second-order valence-corrected chi connectivity index (χ2v) is 5.30. The van der Waals surface area contributed by atoms with Crippen LogP contribution in [0.4, 0.5) is 0 Å². The lowest BCUT2D eigenvalue weighted by atomic mass is 9.94. The van der Waals surface area contributed by atoms with Crippen molar-refractivity contribution in [3.8, 4) is 0 Å². The summed E-state index contributed by atoms with van der Waals surface area (Å²) in [6.07, 6.45) is 6.11. The summed E-state index contributed by atoms with van der Waals surface area (Å²) < 4.78 is 0. The molecular formula is C17H23NO. The number of nitrogens with one attached hydrogen (secondary N) is 1. The first-order valence-corrected chi connectivity index (χ1v) is 7.32. The topological polar surface area (TPSA) is 32.9 Å². The molecule has 1 unspecified atom stereocenters. The summed E-state index contributed by atoms with van der Waals surface area (Å²) in [5.74, 6) is 0.386. The van der Waals surface area contributed by atoms with Crippen LogP contribution in [0.5, 0.6) is 0 Å². The maximum absolute atomic E-state index is 12.5. The number of carbonyl (C=O) groups is 1. The van der Waals surface area contributed by atoms with Crippen LogP contribution in [-0.4, -0.2) is 10.8 Å². The van der Waals surface area contributed by atoms with Gasteiger partial charge in [0.15, 0.2) is 5.78 Å². The molecule has 2 aromatic rings. The SMILES string of the molecule is CCCCC(C)C(=O)c1c[nH]c2c(CC)cccc12. The van der Waals surface area contributed by atoms with Gasteiger partial charge in [0.25, 0.3) is 0 Å². The number of aromatic nitrogens is 1. The number of Topliss-reactive ketones (excluding diaryl/α,β-unsaturated/α-hetero) is 1. The first kappa shape index (κ1) is 13.9. The van der Waals surface area contributed by atoms with Gasteiger partial charge in [0.2, 0.25) is 0 Å². The molecule has 19 heavy (non-hydrogen) atoms. The number of ketones is 1. The van der Waals surface area contributed by atoms with Crippen molar-refractivity contribution in [2.45, 2.75) is 46.5 Å². The number of para-hydroxylation sites is 1. The summed E-state index contributed by atoms with van der Waals surface area (Å²) in [6, 6.07) is 6.21. The first-order chi connectivity index (χ1) is 9.19. The Morgan fingerprint density at radius 3 is 2.79 bits per heavy atom. The number of carbonyl (C=O) groups excluding carboxylic acids is 1. The lowest BCUT2D eigenvalue weighted by Crippen LogP contribution is -2.10. The van der Waals surface area contributed by atoms with Crippen LogP contribution < -0.4 is 0 Å².